The molecule has 0 amide bonds. The molecule has 0 radical (unpaired) electrons. The van der Waals surface area contributed by atoms with E-state index in [9.17, 15) is 24.9 Å². The fourth-order valence-electron chi connectivity index (χ4n) is 7.61. The van der Waals surface area contributed by atoms with Crippen LogP contribution in [0.1, 0.15) is 52.9 Å². The zero-order valence-electron chi connectivity index (χ0n) is 17.1. The van der Waals surface area contributed by atoms with E-state index in [0.717, 1.165) is 0 Å². The minimum absolute atomic E-state index is 0.100. The third-order valence-electron chi connectivity index (χ3n) is 9.18. The second-order valence-electron chi connectivity index (χ2n) is 10.2. The van der Waals surface area contributed by atoms with Crippen molar-refractivity contribution in [3.8, 4) is 0 Å². The summed E-state index contributed by atoms with van der Waals surface area (Å²) in [5.74, 6) is -2.95. The molecule has 4 rings (SSSR count). The fraction of sp³-hybridized carbons (Fsp3) is 0.818. The number of carbonyl (C=O) groups excluding carboxylic acids is 2. The fourth-order valence-corrected chi connectivity index (χ4v) is 7.61. The van der Waals surface area contributed by atoms with Gasteiger partial charge in [-0.25, -0.2) is 8.78 Å². The first-order chi connectivity index (χ1) is 13.4. The number of rotatable bonds is 2. The summed E-state index contributed by atoms with van der Waals surface area (Å²) >= 11 is 0. The Morgan fingerprint density at radius 1 is 1.28 bits per heavy atom. The average molecular weight is 412 g/mol. The first-order valence-electron chi connectivity index (χ1n) is 10.5. The van der Waals surface area contributed by atoms with Crippen molar-refractivity contribution in [3.05, 3.63) is 11.6 Å². The molecule has 0 bridgehead atoms. The summed E-state index contributed by atoms with van der Waals surface area (Å²) in [5.41, 5.74) is -6.41. The SMILES string of the molecule is C[C@@H]1C[C@H]2[C@@H]3C[C@H](F)C4=CC(=O)CC[C@]4(C)[C@@]3(F)[C@@H](O)C[C@]2(C)[C@@]1(O)C(=O)CO. The van der Waals surface area contributed by atoms with Crippen LogP contribution in [0.25, 0.3) is 0 Å². The van der Waals surface area contributed by atoms with Crippen LogP contribution in [0.2, 0.25) is 0 Å². The van der Waals surface area contributed by atoms with Gasteiger partial charge in [-0.1, -0.05) is 20.8 Å². The molecular formula is C22H30F2O5. The molecule has 4 aliphatic rings. The second-order valence-corrected chi connectivity index (χ2v) is 10.2. The zero-order chi connectivity index (χ0) is 21.6. The molecule has 7 heteroatoms. The van der Waals surface area contributed by atoms with Gasteiger partial charge < -0.3 is 15.3 Å². The van der Waals surface area contributed by atoms with Gasteiger partial charge in [-0.3, -0.25) is 9.59 Å². The Morgan fingerprint density at radius 2 is 1.93 bits per heavy atom. The van der Waals surface area contributed by atoms with Crippen LogP contribution in [0.3, 0.4) is 0 Å². The topological polar surface area (TPSA) is 94.8 Å². The molecule has 0 aromatic heterocycles. The summed E-state index contributed by atoms with van der Waals surface area (Å²) < 4.78 is 32.2. The molecule has 3 fully saturated rings. The molecule has 0 heterocycles. The van der Waals surface area contributed by atoms with Crippen LogP contribution in [0, 0.1) is 28.6 Å². The molecule has 0 saturated heterocycles. The maximum Gasteiger partial charge on any atom is 0.190 e. The summed E-state index contributed by atoms with van der Waals surface area (Å²) in [5, 5.41) is 31.9. The highest BCUT2D eigenvalue weighted by Gasteiger charge is 2.76. The van der Waals surface area contributed by atoms with Crippen molar-refractivity contribution < 1.29 is 33.7 Å². The maximum atomic E-state index is 16.9. The Hall–Kier alpha value is -1.18. The first kappa shape index (κ1) is 21.1. The van der Waals surface area contributed by atoms with E-state index >= 15 is 8.78 Å². The van der Waals surface area contributed by atoms with Gasteiger partial charge in [-0.05, 0) is 49.2 Å². The number of hydrogen-bond acceptors (Lipinski definition) is 5. The van der Waals surface area contributed by atoms with E-state index in [0.29, 0.717) is 6.42 Å². The predicted octanol–water partition coefficient (Wildman–Crippen LogP) is 2.07. The Bertz CT molecular complexity index is 798. The number of carbonyl (C=O) groups is 2. The van der Waals surface area contributed by atoms with Crippen LogP contribution in [-0.2, 0) is 9.59 Å². The number of hydrogen-bond donors (Lipinski definition) is 3. The van der Waals surface area contributed by atoms with E-state index in [-0.39, 0.29) is 37.0 Å². The normalized spacial score (nSPS) is 54.3. The van der Waals surface area contributed by atoms with Crippen molar-refractivity contribution >= 4 is 11.6 Å². The van der Waals surface area contributed by atoms with Gasteiger partial charge in [-0.15, -0.1) is 0 Å². The van der Waals surface area contributed by atoms with Gasteiger partial charge >= 0.3 is 0 Å². The van der Waals surface area contributed by atoms with E-state index in [1.807, 2.05) is 0 Å². The lowest BCUT2D eigenvalue weighted by Crippen LogP contribution is -2.71. The molecule has 0 spiro atoms. The number of Topliss-reactive ketones (excluding diaryl/α,β-unsaturated/α-hetero) is 1. The van der Waals surface area contributed by atoms with Gasteiger partial charge in [0.05, 0.1) is 6.10 Å². The van der Waals surface area contributed by atoms with E-state index < -0.39 is 64.5 Å². The molecule has 0 unspecified atom stereocenters. The lowest BCUT2D eigenvalue weighted by atomic mass is 9.43. The number of allylic oxidation sites excluding steroid dienone is 1. The summed E-state index contributed by atoms with van der Waals surface area (Å²) in [7, 11) is 0. The average Bonchev–Trinajstić information content (AvgIpc) is 2.86. The highest BCUT2D eigenvalue weighted by atomic mass is 19.1. The van der Waals surface area contributed by atoms with Gasteiger partial charge in [-0.2, -0.15) is 0 Å². The molecular weight excluding hydrogens is 382 g/mol. The highest BCUT2D eigenvalue weighted by molar-refractivity contribution is 5.92. The summed E-state index contributed by atoms with van der Waals surface area (Å²) in [6.07, 6.45) is -1.64. The van der Waals surface area contributed by atoms with Gasteiger partial charge in [0.15, 0.2) is 11.6 Å². The van der Waals surface area contributed by atoms with Crippen molar-refractivity contribution in [2.24, 2.45) is 28.6 Å². The summed E-state index contributed by atoms with van der Waals surface area (Å²) in [6.45, 7) is 4.09. The minimum atomic E-state index is -2.15. The third-order valence-corrected chi connectivity index (χ3v) is 9.18. The summed E-state index contributed by atoms with van der Waals surface area (Å²) in [6, 6.07) is 0. The van der Waals surface area contributed by atoms with Crippen molar-refractivity contribution in [1.82, 2.24) is 0 Å². The van der Waals surface area contributed by atoms with E-state index in [1.54, 1.807) is 20.8 Å². The smallest absolute Gasteiger partial charge is 0.190 e. The van der Waals surface area contributed by atoms with E-state index in [2.05, 4.69) is 0 Å². The Morgan fingerprint density at radius 3 is 2.55 bits per heavy atom. The van der Waals surface area contributed by atoms with Gasteiger partial charge in [0.2, 0.25) is 0 Å². The molecule has 29 heavy (non-hydrogen) atoms. The number of fused-ring (bicyclic) bond motifs is 5. The number of aliphatic hydroxyl groups is 3. The third kappa shape index (κ3) is 2.24. The van der Waals surface area contributed by atoms with Crippen LogP contribution in [0.15, 0.2) is 11.6 Å². The van der Waals surface area contributed by atoms with Crippen LogP contribution < -0.4 is 0 Å². The van der Waals surface area contributed by atoms with E-state index in [1.165, 1.54) is 6.08 Å². The Labute approximate surface area is 169 Å². The predicted molar refractivity (Wildman–Crippen MR) is 100 cm³/mol. The van der Waals surface area contributed by atoms with Gasteiger partial charge in [0, 0.05) is 23.2 Å². The van der Waals surface area contributed by atoms with Gasteiger partial charge in [0.1, 0.15) is 24.0 Å². The lowest BCUT2D eigenvalue weighted by molar-refractivity contribution is -0.233. The second kappa shape index (κ2) is 6.17. The molecule has 3 N–H and O–H groups in total. The number of ketones is 2. The van der Waals surface area contributed by atoms with Crippen molar-refractivity contribution in [2.45, 2.75) is 76.4 Å². The van der Waals surface area contributed by atoms with Gasteiger partial charge in [0.25, 0.3) is 0 Å². The Kier molecular flexibility index (Phi) is 4.48. The molecule has 9 atom stereocenters. The van der Waals surface area contributed by atoms with Crippen molar-refractivity contribution in [1.29, 1.82) is 0 Å². The van der Waals surface area contributed by atoms with Crippen LogP contribution in [0.5, 0.6) is 0 Å². The van der Waals surface area contributed by atoms with Crippen LogP contribution in [-0.4, -0.2) is 57.0 Å². The molecule has 0 aromatic carbocycles. The lowest BCUT2D eigenvalue weighted by Gasteiger charge is -2.63. The highest BCUT2D eigenvalue weighted by Crippen LogP contribution is 2.71. The first-order valence-corrected chi connectivity index (χ1v) is 10.5. The minimum Gasteiger partial charge on any atom is -0.390 e. The van der Waals surface area contributed by atoms with Crippen LogP contribution in [0.4, 0.5) is 8.78 Å². The molecule has 4 aliphatic carbocycles. The maximum absolute atomic E-state index is 16.9. The molecule has 0 aromatic rings. The van der Waals surface area contributed by atoms with Crippen LogP contribution >= 0.6 is 0 Å². The molecule has 5 nitrogen and oxygen atoms in total. The molecule has 3 saturated carbocycles. The number of halogens is 2. The number of alkyl halides is 2. The Balaban J connectivity index is 1.86. The molecule has 162 valence electrons. The van der Waals surface area contributed by atoms with Crippen molar-refractivity contribution in [2.75, 3.05) is 6.61 Å². The largest absolute Gasteiger partial charge is 0.390 e. The summed E-state index contributed by atoms with van der Waals surface area (Å²) in [4.78, 5) is 24.4. The number of aliphatic hydroxyl groups excluding tert-OH is 2. The van der Waals surface area contributed by atoms with E-state index in [4.69, 9.17) is 0 Å². The zero-order valence-corrected chi connectivity index (χ0v) is 17.1. The monoisotopic (exact) mass is 412 g/mol. The standard InChI is InChI=1S/C22H30F2O5/c1-11-6-13-14-8-16(23)15-7-12(26)4-5-19(15,2)21(14,24)17(27)9-20(13,3)22(11,29)18(28)10-25/h7,11,13-14,16-17,25,27,29H,4-6,8-10H2,1-3H3/t11-,13+,14+,16+,17+,19+,20+,21+,22+/m1/s1. The van der Waals surface area contributed by atoms with Crippen molar-refractivity contribution in [3.63, 3.8) is 0 Å². The molecule has 0 aliphatic heterocycles. The quantitative estimate of drug-likeness (QED) is 0.646.